The molecule has 1 N–H and O–H groups in total. The molecule has 2 aromatic heterocycles. The molecule has 0 atom stereocenters. The van der Waals surface area contributed by atoms with Crippen molar-refractivity contribution in [3.8, 4) is 17.0 Å². The molecular weight excluding hydrogens is 532 g/mol. The van der Waals surface area contributed by atoms with Gasteiger partial charge in [-0.3, -0.25) is 4.79 Å². The summed E-state index contributed by atoms with van der Waals surface area (Å²) in [5.74, 6) is 0.928. The molecule has 1 saturated heterocycles. The van der Waals surface area contributed by atoms with Crippen LogP contribution >= 0.6 is 11.6 Å². The number of alkyl carbamates (subject to hydrolysis) is 1. The van der Waals surface area contributed by atoms with Crippen LogP contribution in [0.4, 0.5) is 10.7 Å². The molecule has 0 radical (unpaired) electrons. The Morgan fingerprint density at radius 3 is 2.48 bits per heavy atom. The van der Waals surface area contributed by atoms with Crippen LogP contribution in [0.25, 0.3) is 11.1 Å². The Bertz CT molecular complexity index is 1310. The first-order valence-electron chi connectivity index (χ1n) is 13.2. The summed E-state index contributed by atoms with van der Waals surface area (Å²) in [6.45, 7) is 7.11. The van der Waals surface area contributed by atoms with Gasteiger partial charge in [0.1, 0.15) is 23.3 Å². The van der Waals surface area contributed by atoms with Crippen molar-refractivity contribution in [3.05, 3.63) is 65.6 Å². The largest absolute Gasteiger partial charge is 0.473 e. The fourth-order valence-electron chi connectivity index (χ4n) is 4.23. The highest BCUT2D eigenvalue weighted by Gasteiger charge is 2.23. The Balaban J connectivity index is 1.29. The molecule has 1 fully saturated rings. The Morgan fingerprint density at radius 2 is 1.80 bits per heavy atom. The standard InChI is InChI=1S/C29H35ClN6O4/c1-29(2,3)40-28(38)34-18-25(37)35(4)19-20-7-5-8-21(15-20)22-16-32-27(33-17-22)36-13-10-23(11-14-36)39-26-24(30)9-6-12-31-26/h5-9,12,15-17,23H,10-11,13-14,18-19H2,1-4H3,(H,34,38). The highest BCUT2D eigenvalue weighted by molar-refractivity contribution is 6.31. The SMILES string of the molecule is CN(Cc1cccc(-c2cnc(N3CCC(Oc4ncccc4Cl)CC3)nc2)c1)C(=O)CNC(=O)OC(C)(C)C. The van der Waals surface area contributed by atoms with Gasteiger partial charge in [-0.25, -0.2) is 19.7 Å². The van der Waals surface area contributed by atoms with E-state index < -0.39 is 11.7 Å². The minimum Gasteiger partial charge on any atom is -0.473 e. The molecular formula is C29H35ClN6O4. The minimum atomic E-state index is -0.622. The molecule has 3 heterocycles. The van der Waals surface area contributed by atoms with Gasteiger partial charge in [-0.05, 0) is 50.1 Å². The Hall–Kier alpha value is -3.92. The van der Waals surface area contributed by atoms with Gasteiger partial charge >= 0.3 is 6.09 Å². The molecule has 212 valence electrons. The average Bonchev–Trinajstić information content (AvgIpc) is 2.93. The van der Waals surface area contributed by atoms with Gasteiger partial charge in [-0.1, -0.05) is 29.8 Å². The Labute approximate surface area is 239 Å². The van der Waals surface area contributed by atoms with E-state index in [4.69, 9.17) is 21.1 Å². The molecule has 40 heavy (non-hydrogen) atoms. The van der Waals surface area contributed by atoms with Crippen LogP contribution in [0.5, 0.6) is 5.88 Å². The second-order valence-electron chi connectivity index (χ2n) is 10.7. The van der Waals surface area contributed by atoms with Crippen molar-refractivity contribution in [1.29, 1.82) is 0 Å². The van der Waals surface area contributed by atoms with Crippen LogP contribution < -0.4 is 15.0 Å². The van der Waals surface area contributed by atoms with Gasteiger partial charge in [0, 0.05) is 63.7 Å². The van der Waals surface area contributed by atoms with Crippen molar-refractivity contribution in [3.63, 3.8) is 0 Å². The van der Waals surface area contributed by atoms with Crippen molar-refractivity contribution in [2.75, 3.05) is 31.6 Å². The third kappa shape index (κ3) is 8.29. The van der Waals surface area contributed by atoms with Crippen LogP contribution in [0.1, 0.15) is 39.2 Å². The number of anilines is 1. The molecule has 1 aromatic carbocycles. The van der Waals surface area contributed by atoms with E-state index >= 15 is 0 Å². The van der Waals surface area contributed by atoms with Crippen molar-refractivity contribution < 1.29 is 19.1 Å². The number of aromatic nitrogens is 3. The molecule has 0 aliphatic carbocycles. The number of pyridine rings is 1. The zero-order valence-corrected chi connectivity index (χ0v) is 24.0. The number of hydrogen-bond acceptors (Lipinski definition) is 8. The van der Waals surface area contributed by atoms with Crippen LogP contribution in [0.3, 0.4) is 0 Å². The summed E-state index contributed by atoms with van der Waals surface area (Å²) in [6.07, 6.45) is 6.37. The van der Waals surface area contributed by atoms with E-state index in [1.54, 1.807) is 51.0 Å². The molecule has 11 heteroatoms. The van der Waals surface area contributed by atoms with Crippen molar-refractivity contribution in [2.45, 2.75) is 51.9 Å². The summed E-state index contributed by atoms with van der Waals surface area (Å²) in [5, 5.41) is 3.02. The lowest BCUT2D eigenvalue weighted by Gasteiger charge is -2.32. The predicted molar refractivity (Wildman–Crippen MR) is 153 cm³/mol. The van der Waals surface area contributed by atoms with Gasteiger partial charge in [-0.15, -0.1) is 0 Å². The zero-order chi connectivity index (χ0) is 28.7. The summed E-state index contributed by atoms with van der Waals surface area (Å²) in [5.41, 5.74) is 2.16. The fraction of sp³-hybridized carbons (Fsp3) is 0.414. The monoisotopic (exact) mass is 566 g/mol. The van der Waals surface area contributed by atoms with E-state index in [9.17, 15) is 9.59 Å². The Kier molecular flexibility index (Phi) is 9.42. The number of piperidine rings is 1. The number of amides is 2. The zero-order valence-electron chi connectivity index (χ0n) is 23.3. The third-order valence-electron chi connectivity index (χ3n) is 6.25. The van der Waals surface area contributed by atoms with Gasteiger partial charge < -0.3 is 24.6 Å². The van der Waals surface area contributed by atoms with Crippen LogP contribution in [0, 0.1) is 0 Å². The Morgan fingerprint density at radius 1 is 1.07 bits per heavy atom. The van der Waals surface area contributed by atoms with E-state index in [0.717, 1.165) is 42.6 Å². The summed E-state index contributed by atoms with van der Waals surface area (Å²) >= 11 is 6.17. The van der Waals surface area contributed by atoms with Crippen molar-refractivity contribution >= 4 is 29.5 Å². The number of nitrogens with zero attached hydrogens (tertiary/aromatic N) is 5. The summed E-state index contributed by atoms with van der Waals surface area (Å²) in [4.78, 5) is 41.5. The van der Waals surface area contributed by atoms with E-state index in [0.29, 0.717) is 23.4 Å². The van der Waals surface area contributed by atoms with E-state index in [-0.39, 0.29) is 18.6 Å². The number of ether oxygens (including phenoxy) is 2. The maximum absolute atomic E-state index is 12.5. The van der Waals surface area contributed by atoms with Crippen LogP contribution in [0.2, 0.25) is 5.02 Å². The van der Waals surface area contributed by atoms with Crippen LogP contribution in [-0.4, -0.2) is 70.2 Å². The quantitative estimate of drug-likeness (QED) is 0.417. The summed E-state index contributed by atoms with van der Waals surface area (Å²) in [6, 6.07) is 11.4. The molecule has 0 spiro atoms. The predicted octanol–water partition coefficient (Wildman–Crippen LogP) is 4.72. The number of rotatable bonds is 8. The number of nitrogens with one attached hydrogen (secondary N) is 1. The number of carbonyl (C=O) groups excluding carboxylic acids is 2. The number of hydrogen-bond donors (Lipinski definition) is 1. The normalized spacial score (nSPS) is 14.0. The molecule has 0 unspecified atom stereocenters. The first kappa shape index (κ1) is 29.1. The molecule has 3 aromatic rings. The van der Waals surface area contributed by atoms with E-state index in [2.05, 4.69) is 25.2 Å². The van der Waals surface area contributed by atoms with Gasteiger partial charge in [0.25, 0.3) is 0 Å². The molecule has 0 saturated carbocycles. The lowest BCUT2D eigenvalue weighted by molar-refractivity contribution is -0.129. The first-order valence-corrected chi connectivity index (χ1v) is 13.6. The summed E-state index contributed by atoms with van der Waals surface area (Å²) in [7, 11) is 1.70. The molecule has 0 bridgehead atoms. The number of halogens is 1. The van der Waals surface area contributed by atoms with Gasteiger partial charge in [0.2, 0.25) is 17.7 Å². The van der Waals surface area contributed by atoms with E-state index in [1.807, 2.05) is 36.7 Å². The first-order chi connectivity index (χ1) is 19.1. The molecule has 10 nitrogen and oxygen atoms in total. The van der Waals surface area contributed by atoms with Gasteiger partial charge in [0.15, 0.2) is 0 Å². The summed E-state index contributed by atoms with van der Waals surface area (Å²) < 4.78 is 11.2. The van der Waals surface area contributed by atoms with Crippen molar-refractivity contribution in [2.24, 2.45) is 0 Å². The second-order valence-corrected chi connectivity index (χ2v) is 11.1. The second kappa shape index (κ2) is 13.0. The average molecular weight is 567 g/mol. The highest BCUT2D eigenvalue weighted by Crippen LogP contribution is 2.26. The lowest BCUT2D eigenvalue weighted by atomic mass is 10.1. The van der Waals surface area contributed by atoms with Crippen LogP contribution in [0.15, 0.2) is 55.0 Å². The molecule has 1 aliphatic heterocycles. The topological polar surface area (TPSA) is 110 Å². The fourth-order valence-corrected chi connectivity index (χ4v) is 4.40. The number of carbonyl (C=O) groups is 2. The smallest absolute Gasteiger partial charge is 0.408 e. The van der Waals surface area contributed by atoms with Gasteiger partial charge in [0.05, 0.1) is 0 Å². The van der Waals surface area contributed by atoms with Crippen LogP contribution in [-0.2, 0) is 16.1 Å². The lowest BCUT2D eigenvalue weighted by Crippen LogP contribution is -2.40. The maximum atomic E-state index is 12.5. The molecule has 4 rings (SSSR count). The maximum Gasteiger partial charge on any atom is 0.408 e. The third-order valence-corrected chi connectivity index (χ3v) is 6.54. The molecule has 2 amide bonds. The van der Waals surface area contributed by atoms with Gasteiger partial charge in [-0.2, -0.15) is 0 Å². The number of benzene rings is 1. The minimum absolute atomic E-state index is 0.0452. The number of likely N-dealkylation sites (N-methyl/N-ethyl adjacent to an activating group) is 1. The van der Waals surface area contributed by atoms with E-state index in [1.165, 1.54) is 0 Å². The highest BCUT2D eigenvalue weighted by atomic mass is 35.5. The molecule has 1 aliphatic rings. The van der Waals surface area contributed by atoms with Crippen molar-refractivity contribution in [1.82, 2.24) is 25.2 Å².